The van der Waals surface area contributed by atoms with Gasteiger partial charge in [-0.1, -0.05) is 46.3 Å². The summed E-state index contributed by atoms with van der Waals surface area (Å²) < 4.78 is 2.64. The summed E-state index contributed by atoms with van der Waals surface area (Å²) in [6, 6.07) is 18.9. The highest BCUT2D eigenvalue weighted by Crippen LogP contribution is 2.40. The van der Waals surface area contributed by atoms with E-state index in [-0.39, 0.29) is 11.6 Å². The van der Waals surface area contributed by atoms with E-state index < -0.39 is 5.91 Å². The van der Waals surface area contributed by atoms with E-state index in [1.807, 2.05) is 48.5 Å². The molecule has 0 spiro atoms. The van der Waals surface area contributed by atoms with Gasteiger partial charge in [0.15, 0.2) is 5.69 Å². The van der Waals surface area contributed by atoms with E-state index in [9.17, 15) is 9.90 Å². The van der Waals surface area contributed by atoms with Gasteiger partial charge in [0.1, 0.15) is 0 Å². The summed E-state index contributed by atoms with van der Waals surface area (Å²) in [5.74, 6) is -0.507. The highest BCUT2D eigenvalue weighted by atomic mass is 79.9. The molecule has 1 N–H and O–H groups in total. The van der Waals surface area contributed by atoms with E-state index in [1.165, 1.54) is 18.0 Å². The molecule has 0 aliphatic carbocycles. The van der Waals surface area contributed by atoms with Crippen LogP contribution in [0.15, 0.2) is 87.8 Å². The van der Waals surface area contributed by atoms with Crippen molar-refractivity contribution >= 4 is 38.4 Å². The lowest BCUT2D eigenvalue weighted by molar-refractivity contribution is 0.0995. The first-order chi connectivity index (χ1) is 14.1. The fourth-order valence-electron chi connectivity index (χ4n) is 3.15. The van der Waals surface area contributed by atoms with Gasteiger partial charge in [0.25, 0.3) is 5.91 Å². The normalized spacial score (nSPS) is 11.3. The van der Waals surface area contributed by atoms with Crippen molar-refractivity contribution in [2.24, 2.45) is 10.2 Å². The maximum absolute atomic E-state index is 12.3. The molecule has 2 heterocycles. The molecule has 1 amide bonds. The van der Waals surface area contributed by atoms with Crippen LogP contribution in [0.5, 0.6) is 5.88 Å². The Morgan fingerprint density at radius 1 is 1.07 bits per heavy atom. The zero-order valence-electron chi connectivity index (χ0n) is 15.4. The summed E-state index contributed by atoms with van der Waals surface area (Å²) in [6.45, 7) is 0.571. The van der Waals surface area contributed by atoms with Crippen molar-refractivity contribution in [1.29, 1.82) is 0 Å². The second kappa shape index (κ2) is 8.36. The van der Waals surface area contributed by atoms with Crippen molar-refractivity contribution in [3.63, 3.8) is 0 Å². The first-order valence-electron chi connectivity index (χ1n) is 9.04. The first-order valence-corrected chi connectivity index (χ1v) is 9.83. The second-order valence-corrected chi connectivity index (χ2v) is 7.38. The maximum atomic E-state index is 12.3. The van der Waals surface area contributed by atoms with Gasteiger partial charge >= 0.3 is 0 Å². The summed E-state index contributed by atoms with van der Waals surface area (Å²) in [5.41, 5.74) is 2.66. The fourth-order valence-corrected chi connectivity index (χ4v) is 3.51. The van der Waals surface area contributed by atoms with E-state index in [0.717, 1.165) is 21.8 Å². The van der Waals surface area contributed by atoms with Crippen molar-refractivity contribution in [3.05, 3.63) is 88.7 Å². The van der Waals surface area contributed by atoms with Gasteiger partial charge in [-0.2, -0.15) is 0 Å². The fraction of sp³-hybridized carbons (Fsp3) is 0.0909. The highest BCUT2D eigenvalue weighted by Gasteiger charge is 2.17. The zero-order valence-corrected chi connectivity index (χ0v) is 17.0. The van der Waals surface area contributed by atoms with E-state index in [2.05, 4.69) is 31.1 Å². The molecule has 0 aliphatic rings. The Hall–Kier alpha value is -3.32. The quantitative estimate of drug-likeness (QED) is 0.399. The molecule has 4 rings (SSSR count). The number of hydrogen-bond donors (Lipinski definition) is 1. The maximum Gasteiger partial charge on any atom is 0.295 e. The van der Waals surface area contributed by atoms with Crippen LogP contribution < -0.4 is 0 Å². The number of carbonyl (C=O) groups is 1. The molecule has 0 atom stereocenters. The van der Waals surface area contributed by atoms with Crippen LogP contribution in [-0.4, -0.2) is 20.6 Å². The lowest BCUT2D eigenvalue weighted by atomic mass is 10.1. The van der Waals surface area contributed by atoms with Crippen LogP contribution in [0.2, 0.25) is 0 Å². The van der Waals surface area contributed by atoms with E-state index in [0.29, 0.717) is 12.1 Å². The number of carbonyl (C=O) groups excluding carboxylic acids is 1. The highest BCUT2D eigenvalue weighted by molar-refractivity contribution is 9.10. The van der Waals surface area contributed by atoms with Crippen LogP contribution in [0.4, 0.5) is 5.69 Å². The summed E-state index contributed by atoms with van der Waals surface area (Å²) >= 11 is 3.46. The topological polar surface area (TPSA) is 79.8 Å². The molecular formula is C22H17BrN4O2. The van der Waals surface area contributed by atoms with Gasteiger partial charge in [-0.3, -0.25) is 9.78 Å². The second-order valence-electron chi connectivity index (χ2n) is 6.46. The molecule has 0 bridgehead atoms. The van der Waals surface area contributed by atoms with Crippen LogP contribution in [0.25, 0.3) is 10.9 Å². The monoisotopic (exact) mass is 448 g/mol. The largest absolute Gasteiger partial charge is 0.493 e. The number of hydrogen-bond acceptors (Lipinski definition) is 4. The predicted molar refractivity (Wildman–Crippen MR) is 115 cm³/mol. The van der Waals surface area contributed by atoms with Crippen molar-refractivity contribution < 1.29 is 9.90 Å². The number of rotatable bonds is 5. The summed E-state index contributed by atoms with van der Waals surface area (Å²) in [5, 5.41) is 19.5. The number of benzene rings is 2. The first kappa shape index (κ1) is 19.0. The minimum Gasteiger partial charge on any atom is -0.493 e. The Morgan fingerprint density at radius 3 is 2.59 bits per heavy atom. The number of azo groups is 1. The molecule has 144 valence electrons. The summed E-state index contributed by atoms with van der Waals surface area (Å²) in [6.07, 6.45) is 3.79. The van der Waals surface area contributed by atoms with Crippen molar-refractivity contribution in [2.75, 3.05) is 0 Å². The number of amides is 1. The molecule has 7 heteroatoms. The van der Waals surface area contributed by atoms with Gasteiger partial charge in [0, 0.05) is 34.4 Å². The summed E-state index contributed by atoms with van der Waals surface area (Å²) in [7, 11) is 0. The molecule has 0 saturated heterocycles. The van der Waals surface area contributed by atoms with Gasteiger partial charge in [-0.25, -0.2) is 0 Å². The Morgan fingerprint density at radius 2 is 1.83 bits per heavy atom. The Labute approximate surface area is 175 Å². The molecule has 0 unspecified atom stereocenters. The predicted octanol–water partition coefficient (Wildman–Crippen LogP) is 5.67. The molecule has 4 aromatic rings. The smallest absolute Gasteiger partial charge is 0.295 e. The lowest BCUT2D eigenvalue weighted by Crippen LogP contribution is -2.00. The Balaban J connectivity index is 1.70. The number of halogens is 1. The van der Waals surface area contributed by atoms with Crippen LogP contribution >= 0.6 is 15.9 Å². The van der Waals surface area contributed by atoms with E-state index >= 15 is 0 Å². The number of aromatic nitrogens is 2. The van der Waals surface area contributed by atoms with Crippen molar-refractivity contribution in [1.82, 2.24) is 9.55 Å². The van der Waals surface area contributed by atoms with E-state index in [1.54, 1.807) is 16.7 Å². The average Bonchev–Trinajstić information content (AvgIpc) is 3.01. The van der Waals surface area contributed by atoms with Gasteiger partial charge < -0.3 is 9.67 Å². The Bertz CT molecular complexity index is 1190. The third kappa shape index (κ3) is 4.09. The SMILES string of the molecule is O=C(N=Nc1c(O)n(CCc2ccccc2)c2ccc(Br)cc12)c1ccncc1. The minimum atomic E-state index is -0.494. The molecule has 0 fully saturated rings. The third-order valence-corrected chi connectivity index (χ3v) is 5.10. The summed E-state index contributed by atoms with van der Waals surface area (Å²) in [4.78, 5) is 16.2. The number of aryl methyl sites for hydroxylation is 2. The molecule has 0 saturated carbocycles. The molecule has 0 aliphatic heterocycles. The van der Waals surface area contributed by atoms with Gasteiger partial charge in [-0.05, 0) is 42.3 Å². The number of aromatic hydroxyl groups is 1. The van der Waals surface area contributed by atoms with Crippen LogP contribution in [0.3, 0.4) is 0 Å². The minimum absolute atomic E-state index is 0.0136. The molecular weight excluding hydrogens is 432 g/mol. The molecule has 6 nitrogen and oxygen atoms in total. The van der Waals surface area contributed by atoms with Crippen LogP contribution in [-0.2, 0) is 13.0 Å². The average molecular weight is 449 g/mol. The number of fused-ring (bicyclic) bond motifs is 1. The third-order valence-electron chi connectivity index (χ3n) is 4.61. The lowest BCUT2D eigenvalue weighted by Gasteiger charge is -2.07. The van der Waals surface area contributed by atoms with Gasteiger partial charge in [0.05, 0.1) is 5.52 Å². The van der Waals surface area contributed by atoms with Crippen molar-refractivity contribution in [2.45, 2.75) is 13.0 Å². The number of pyridine rings is 1. The zero-order chi connectivity index (χ0) is 20.2. The van der Waals surface area contributed by atoms with Gasteiger partial charge in [-0.15, -0.1) is 10.2 Å². The van der Waals surface area contributed by atoms with Crippen LogP contribution in [0, 0.1) is 0 Å². The van der Waals surface area contributed by atoms with Gasteiger partial charge in [0.2, 0.25) is 5.88 Å². The number of nitrogens with zero attached hydrogens (tertiary/aromatic N) is 4. The van der Waals surface area contributed by atoms with Crippen molar-refractivity contribution in [3.8, 4) is 5.88 Å². The Kier molecular flexibility index (Phi) is 5.48. The van der Waals surface area contributed by atoms with E-state index in [4.69, 9.17) is 0 Å². The van der Waals surface area contributed by atoms with Crippen LogP contribution in [0.1, 0.15) is 15.9 Å². The molecule has 29 heavy (non-hydrogen) atoms. The molecule has 2 aromatic heterocycles. The standard InChI is InChI=1S/C22H17BrN4O2/c23-17-6-7-19-18(14-17)20(25-26-21(28)16-8-11-24-12-9-16)22(29)27(19)13-10-15-4-2-1-3-5-15/h1-9,11-12,14,29H,10,13H2. The molecule has 2 aromatic carbocycles. The molecule has 0 radical (unpaired) electrons.